The molecule has 1 heterocycles. The van der Waals surface area contributed by atoms with Gasteiger partial charge in [0.15, 0.2) is 8.32 Å². The molecule has 148 valence electrons. The van der Waals surface area contributed by atoms with Gasteiger partial charge in [0, 0.05) is 5.92 Å². The number of carbonyl (C=O) groups is 1. The molecule has 0 N–H and O–H groups in total. The predicted octanol–water partition coefficient (Wildman–Crippen LogP) is 5.52. The number of hydrogen-bond donors (Lipinski definition) is 0. The Hall–Kier alpha value is -1.07. The monoisotopic (exact) mass is 379 g/mol. The summed E-state index contributed by atoms with van der Waals surface area (Å²) >= 11 is 0. The molecular weight excluding hydrogens is 342 g/mol. The standard InChI is InChI=1S/C21H37NO3Si/c1-10-15-14-16-17(22(15)19(23)24-20(2,3)4)12-11-13-18(16)25-26(8,9)21(5,6)7/h10-12,15-18H,1,13-14H2,2-9H3/t15-,16+,17+,18-/m1/s1. The van der Waals surface area contributed by atoms with Crippen molar-refractivity contribution in [2.75, 3.05) is 0 Å². The highest BCUT2D eigenvalue weighted by Crippen LogP contribution is 2.44. The Morgan fingerprint density at radius 1 is 1.23 bits per heavy atom. The van der Waals surface area contributed by atoms with E-state index in [1.807, 2.05) is 31.7 Å². The van der Waals surface area contributed by atoms with Crippen LogP contribution in [0.2, 0.25) is 18.1 Å². The summed E-state index contributed by atoms with van der Waals surface area (Å²) in [4.78, 5) is 14.7. The molecule has 2 aliphatic rings. The maximum Gasteiger partial charge on any atom is 0.411 e. The molecule has 0 aromatic carbocycles. The Morgan fingerprint density at radius 3 is 2.35 bits per heavy atom. The Kier molecular flexibility index (Phi) is 5.84. The third-order valence-electron chi connectivity index (χ3n) is 5.94. The largest absolute Gasteiger partial charge is 0.444 e. The molecule has 5 heteroatoms. The smallest absolute Gasteiger partial charge is 0.411 e. The van der Waals surface area contributed by atoms with Crippen LogP contribution in [-0.4, -0.2) is 43.1 Å². The van der Waals surface area contributed by atoms with Crippen LogP contribution in [0.4, 0.5) is 4.79 Å². The van der Waals surface area contributed by atoms with Gasteiger partial charge in [-0.2, -0.15) is 0 Å². The summed E-state index contributed by atoms with van der Waals surface area (Å²) < 4.78 is 12.4. The summed E-state index contributed by atoms with van der Waals surface area (Å²) in [5.41, 5.74) is -0.504. The lowest BCUT2D eigenvalue weighted by Crippen LogP contribution is -2.50. The Balaban J connectivity index is 2.23. The number of rotatable bonds is 3. The van der Waals surface area contributed by atoms with Crippen LogP contribution in [-0.2, 0) is 9.16 Å². The quantitative estimate of drug-likeness (QED) is 0.479. The second-order valence-corrected chi connectivity index (χ2v) is 14.9. The van der Waals surface area contributed by atoms with E-state index < -0.39 is 13.9 Å². The fourth-order valence-corrected chi connectivity index (χ4v) is 4.95. The van der Waals surface area contributed by atoms with Crippen molar-refractivity contribution in [3.63, 3.8) is 0 Å². The Bertz CT molecular complexity index is 571. The topological polar surface area (TPSA) is 38.8 Å². The first-order chi connectivity index (χ1) is 11.8. The van der Waals surface area contributed by atoms with Crippen molar-refractivity contribution in [2.45, 2.75) is 96.3 Å². The Morgan fingerprint density at radius 2 is 1.85 bits per heavy atom. The molecular formula is C21H37NO3Si. The highest BCUT2D eigenvalue weighted by Gasteiger charge is 2.49. The highest BCUT2D eigenvalue weighted by atomic mass is 28.4. The maximum atomic E-state index is 12.8. The summed E-state index contributed by atoms with van der Waals surface area (Å²) in [5.74, 6) is 0.296. The van der Waals surface area contributed by atoms with Crippen LogP contribution < -0.4 is 0 Å². The van der Waals surface area contributed by atoms with Gasteiger partial charge in [-0.15, -0.1) is 6.58 Å². The van der Waals surface area contributed by atoms with E-state index in [4.69, 9.17) is 9.16 Å². The number of carbonyl (C=O) groups excluding carboxylic acids is 1. The van der Waals surface area contributed by atoms with Gasteiger partial charge in [-0.1, -0.05) is 39.0 Å². The number of hydrogen-bond acceptors (Lipinski definition) is 3. The molecule has 2 rings (SSSR count). The van der Waals surface area contributed by atoms with E-state index >= 15 is 0 Å². The second kappa shape index (κ2) is 7.15. The van der Waals surface area contributed by atoms with Gasteiger partial charge in [-0.3, -0.25) is 4.90 Å². The van der Waals surface area contributed by atoms with Gasteiger partial charge >= 0.3 is 6.09 Å². The summed E-state index contributed by atoms with van der Waals surface area (Å²) in [6.07, 6.45) is 7.90. The Labute approximate surface area is 160 Å². The molecule has 26 heavy (non-hydrogen) atoms. The molecule has 0 saturated carbocycles. The molecule has 1 amide bonds. The third kappa shape index (κ3) is 4.42. The molecule has 0 spiro atoms. The lowest BCUT2D eigenvalue weighted by molar-refractivity contribution is 0.0164. The highest BCUT2D eigenvalue weighted by molar-refractivity contribution is 6.74. The van der Waals surface area contributed by atoms with Crippen LogP contribution in [0.1, 0.15) is 54.4 Å². The van der Waals surface area contributed by atoms with Gasteiger partial charge < -0.3 is 9.16 Å². The first kappa shape index (κ1) is 21.2. The van der Waals surface area contributed by atoms with E-state index in [-0.39, 0.29) is 29.3 Å². The molecule has 1 aliphatic carbocycles. The zero-order valence-electron chi connectivity index (χ0n) is 17.8. The number of ether oxygens (including phenoxy) is 1. The molecule has 0 aromatic heterocycles. The molecule has 0 bridgehead atoms. The van der Waals surface area contributed by atoms with E-state index in [2.05, 4.69) is 52.6 Å². The van der Waals surface area contributed by atoms with Gasteiger partial charge in [0.2, 0.25) is 0 Å². The molecule has 1 fully saturated rings. The van der Waals surface area contributed by atoms with Crippen LogP contribution in [0, 0.1) is 5.92 Å². The van der Waals surface area contributed by atoms with E-state index in [1.165, 1.54) is 0 Å². The van der Waals surface area contributed by atoms with Crippen LogP contribution in [0.15, 0.2) is 24.8 Å². The molecule has 4 atom stereocenters. The van der Waals surface area contributed by atoms with Gasteiger partial charge in [-0.25, -0.2) is 4.79 Å². The minimum atomic E-state index is -1.87. The zero-order chi connectivity index (χ0) is 19.9. The van der Waals surface area contributed by atoms with Crippen molar-refractivity contribution in [1.82, 2.24) is 4.90 Å². The summed E-state index contributed by atoms with van der Waals surface area (Å²) in [6.45, 7) is 21.1. The van der Waals surface area contributed by atoms with E-state index in [0.29, 0.717) is 5.92 Å². The second-order valence-electron chi connectivity index (χ2n) is 10.2. The summed E-state index contributed by atoms with van der Waals surface area (Å²) in [6, 6.07) is 0.0180. The van der Waals surface area contributed by atoms with Crippen LogP contribution >= 0.6 is 0 Å². The third-order valence-corrected chi connectivity index (χ3v) is 10.4. The van der Waals surface area contributed by atoms with Gasteiger partial charge in [0.25, 0.3) is 0 Å². The van der Waals surface area contributed by atoms with Crippen LogP contribution in [0.25, 0.3) is 0 Å². The molecule has 0 aromatic rings. The first-order valence-electron chi connectivity index (χ1n) is 9.75. The van der Waals surface area contributed by atoms with Crippen molar-refractivity contribution in [1.29, 1.82) is 0 Å². The minimum absolute atomic E-state index is 0.00637. The van der Waals surface area contributed by atoms with Crippen molar-refractivity contribution >= 4 is 14.4 Å². The van der Waals surface area contributed by atoms with E-state index in [9.17, 15) is 4.79 Å². The molecule has 4 nitrogen and oxygen atoms in total. The molecule has 0 unspecified atom stereocenters. The first-order valence-corrected chi connectivity index (χ1v) is 12.7. The van der Waals surface area contributed by atoms with Gasteiger partial charge in [0.05, 0.1) is 18.2 Å². The average Bonchev–Trinajstić information content (AvgIpc) is 2.83. The number of amides is 1. The predicted molar refractivity (Wildman–Crippen MR) is 110 cm³/mol. The minimum Gasteiger partial charge on any atom is -0.444 e. The van der Waals surface area contributed by atoms with Crippen LogP contribution in [0.5, 0.6) is 0 Å². The van der Waals surface area contributed by atoms with E-state index in [1.54, 1.807) is 0 Å². The fraction of sp³-hybridized carbons (Fsp3) is 0.762. The normalized spacial score (nSPS) is 29.5. The van der Waals surface area contributed by atoms with Crippen molar-refractivity contribution in [2.24, 2.45) is 5.92 Å². The zero-order valence-corrected chi connectivity index (χ0v) is 18.8. The van der Waals surface area contributed by atoms with Gasteiger partial charge in [-0.05, 0) is 51.7 Å². The van der Waals surface area contributed by atoms with Crippen molar-refractivity contribution in [3.05, 3.63) is 24.8 Å². The van der Waals surface area contributed by atoms with Crippen LogP contribution in [0.3, 0.4) is 0 Å². The lowest BCUT2D eigenvalue weighted by Gasteiger charge is -2.43. The lowest BCUT2D eigenvalue weighted by atomic mass is 9.87. The SMILES string of the molecule is C=C[C@@H]1C[C@@H]2[C@H](O[Si](C)(C)C(C)(C)C)CC=C[C@@H]2N1C(=O)OC(C)(C)C. The number of likely N-dealkylation sites (tertiary alicyclic amines) is 1. The number of fused-ring (bicyclic) bond motifs is 1. The molecule has 1 saturated heterocycles. The van der Waals surface area contributed by atoms with Crippen molar-refractivity contribution < 1.29 is 14.0 Å². The maximum absolute atomic E-state index is 12.8. The number of nitrogens with zero attached hydrogens (tertiary/aromatic N) is 1. The van der Waals surface area contributed by atoms with E-state index in [0.717, 1.165) is 12.8 Å². The average molecular weight is 380 g/mol. The van der Waals surface area contributed by atoms with Crippen molar-refractivity contribution in [3.8, 4) is 0 Å². The summed E-state index contributed by atoms with van der Waals surface area (Å²) in [5, 5.41) is 0.172. The van der Waals surface area contributed by atoms with Gasteiger partial charge in [0.1, 0.15) is 5.60 Å². The summed E-state index contributed by atoms with van der Waals surface area (Å²) in [7, 11) is -1.87. The molecule has 0 radical (unpaired) electrons. The fourth-order valence-electron chi connectivity index (χ4n) is 3.57. The molecule has 1 aliphatic heterocycles.